The summed E-state index contributed by atoms with van der Waals surface area (Å²) in [5.41, 5.74) is 1.64. The van der Waals surface area contributed by atoms with Crippen LogP contribution in [0.2, 0.25) is 0 Å². The van der Waals surface area contributed by atoms with E-state index >= 15 is 0 Å². The van der Waals surface area contributed by atoms with E-state index in [9.17, 15) is 24.6 Å². The molecule has 2 aromatic carbocycles. The Morgan fingerprint density at radius 3 is 2.13 bits per heavy atom. The number of hydrogen-bond donors (Lipinski definition) is 4. The summed E-state index contributed by atoms with van der Waals surface area (Å²) in [5, 5.41) is 25.3. The van der Waals surface area contributed by atoms with Crippen LogP contribution in [-0.2, 0) is 20.7 Å². The molecule has 0 heterocycles. The van der Waals surface area contributed by atoms with Crippen LogP contribution < -0.4 is 10.6 Å². The average Bonchev–Trinajstić information content (AvgIpc) is 2.79. The second kappa shape index (κ2) is 13.0. The molecule has 0 aliphatic carbocycles. The highest BCUT2D eigenvalue weighted by molar-refractivity contribution is 5.92. The van der Waals surface area contributed by atoms with Gasteiger partial charge in [-0.2, -0.15) is 0 Å². The zero-order chi connectivity index (χ0) is 29.5. The van der Waals surface area contributed by atoms with E-state index in [1.807, 2.05) is 52.8 Å². The molecule has 3 amide bonds. The topological polar surface area (TPSA) is 128 Å². The van der Waals surface area contributed by atoms with Crippen molar-refractivity contribution in [3.8, 4) is 5.75 Å². The number of hydrogen-bond acceptors (Lipinski definition) is 6. The first-order valence-electron chi connectivity index (χ1n) is 13.1. The van der Waals surface area contributed by atoms with E-state index in [1.54, 1.807) is 32.9 Å². The monoisotopic (exact) mass is 541 g/mol. The number of aliphatic hydroxyl groups is 1. The minimum absolute atomic E-state index is 0.0671. The van der Waals surface area contributed by atoms with Crippen molar-refractivity contribution in [3.05, 3.63) is 64.7 Å². The van der Waals surface area contributed by atoms with Crippen LogP contribution in [0.15, 0.2) is 42.5 Å². The van der Waals surface area contributed by atoms with E-state index in [0.29, 0.717) is 11.1 Å². The molecule has 214 valence electrons. The van der Waals surface area contributed by atoms with Crippen LogP contribution in [0.3, 0.4) is 0 Å². The maximum atomic E-state index is 14.2. The minimum atomic E-state index is -1.12. The van der Waals surface area contributed by atoms with E-state index in [4.69, 9.17) is 4.74 Å². The summed E-state index contributed by atoms with van der Waals surface area (Å²) in [6.07, 6.45) is -0.716. The molecule has 4 N–H and O–H groups in total. The number of aromatic hydroxyl groups is 1. The van der Waals surface area contributed by atoms with Crippen LogP contribution in [0.1, 0.15) is 69.8 Å². The Morgan fingerprint density at radius 1 is 0.974 bits per heavy atom. The van der Waals surface area contributed by atoms with E-state index in [-0.39, 0.29) is 18.7 Å². The lowest BCUT2D eigenvalue weighted by molar-refractivity contribution is -0.143. The van der Waals surface area contributed by atoms with E-state index in [2.05, 4.69) is 10.6 Å². The minimum Gasteiger partial charge on any atom is -0.508 e. The number of aryl methyl sites for hydroxylation is 2. The van der Waals surface area contributed by atoms with Gasteiger partial charge in [-0.15, -0.1) is 0 Å². The number of benzene rings is 2. The number of phenolic OH excluding ortho intramolecular Hbond substituents is 1. The predicted octanol–water partition coefficient (Wildman–Crippen LogP) is 3.92. The maximum Gasteiger partial charge on any atom is 0.408 e. The van der Waals surface area contributed by atoms with Gasteiger partial charge in [0.2, 0.25) is 11.8 Å². The Morgan fingerprint density at radius 2 is 1.59 bits per heavy atom. The van der Waals surface area contributed by atoms with Gasteiger partial charge in [-0.05, 0) is 84.2 Å². The van der Waals surface area contributed by atoms with Gasteiger partial charge in [0.15, 0.2) is 0 Å². The first-order chi connectivity index (χ1) is 18.0. The number of carbonyl (C=O) groups is 3. The first kappa shape index (κ1) is 31.6. The number of ether oxygens (including phenoxy) is 1. The molecule has 0 spiro atoms. The summed E-state index contributed by atoms with van der Waals surface area (Å²) in [7, 11) is 0. The van der Waals surface area contributed by atoms with Crippen molar-refractivity contribution in [1.29, 1.82) is 0 Å². The Labute approximate surface area is 231 Å². The van der Waals surface area contributed by atoms with Gasteiger partial charge in [0.1, 0.15) is 23.4 Å². The molecular formula is C30H43N3O6. The summed E-state index contributed by atoms with van der Waals surface area (Å²) in [5.74, 6) is -0.894. The van der Waals surface area contributed by atoms with Gasteiger partial charge in [-0.25, -0.2) is 4.79 Å². The highest BCUT2D eigenvalue weighted by atomic mass is 16.6. The molecule has 2 unspecified atom stereocenters. The van der Waals surface area contributed by atoms with Gasteiger partial charge in [-0.3, -0.25) is 9.59 Å². The molecule has 0 aliphatic rings. The third kappa shape index (κ3) is 9.90. The molecule has 2 aromatic rings. The van der Waals surface area contributed by atoms with Crippen LogP contribution in [0.5, 0.6) is 5.75 Å². The molecule has 9 heteroatoms. The highest BCUT2D eigenvalue weighted by Crippen LogP contribution is 2.28. The SMILES string of the molecule is Cc1ccc(C)c(C(C(=O)NC(C)(C)C)N(CCO)C(=O)C(Cc2ccc(O)cc2)NC(=O)OC(C)(C)C)c1. The summed E-state index contributed by atoms with van der Waals surface area (Å²) in [6.45, 7) is 13.9. The zero-order valence-electron chi connectivity index (χ0n) is 24.3. The fourth-order valence-electron chi connectivity index (χ4n) is 4.14. The zero-order valence-corrected chi connectivity index (χ0v) is 24.3. The normalized spacial score (nSPS) is 13.3. The molecular weight excluding hydrogens is 498 g/mol. The third-order valence-electron chi connectivity index (χ3n) is 5.78. The number of rotatable bonds is 9. The predicted molar refractivity (Wildman–Crippen MR) is 150 cm³/mol. The van der Waals surface area contributed by atoms with Gasteiger partial charge in [0.05, 0.1) is 6.61 Å². The molecule has 9 nitrogen and oxygen atoms in total. The van der Waals surface area contributed by atoms with Gasteiger partial charge >= 0.3 is 6.09 Å². The molecule has 0 bridgehead atoms. The molecule has 0 fully saturated rings. The van der Waals surface area contributed by atoms with Gasteiger partial charge in [0.25, 0.3) is 0 Å². The number of nitrogens with one attached hydrogen (secondary N) is 2. The van der Waals surface area contributed by atoms with Crippen molar-refractivity contribution in [1.82, 2.24) is 15.5 Å². The van der Waals surface area contributed by atoms with Crippen LogP contribution in [0.4, 0.5) is 4.79 Å². The van der Waals surface area contributed by atoms with Crippen molar-refractivity contribution in [3.63, 3.8) is 0 Å². The number of amides is 3. The molecule has 39 heavy (non-hydrogen) atoms. The fourth-order valence-corrected chi connectivity index (χ4v) is 4.14. The van der Waals surface area contributed by atoms with Crippen LogP contribution in [0.25, 0.3) is 0 Å². The number of carbonyl (C=O) groups excluding carboxylic acids is 3. The summed E-state index contributed by atoms with van der Waals surface area (Å²) >= 11 is 0. The molecule has 0 aromatic heterocycles. The largest absolute Gasteiger partial charge is 0.508 e. The number of phenols is 1. The molecule has 2 rings (SSSR count). The molecule has 2 atom stereocenters. The van der Waals surface area contributed by atoms with Crippen molar-refractivity contribution in [2.75, 3.05) is 13.2 Å². The van der Waals surface area contributed by atoms with Crippen molar-refractivity contribution in [2.24, 2.45) is 0 Å². The molecule has 0 saturated carbocycles. The third-order valence-corrected chi connectivity index (χ3v) is 5.78. The number of alkyl carbamates (subject to hydrolysis) is 1. The quantitative estimate of drug-likeness (QED) is 0.381. The first-order valence-corrected chi connectivity index (χ1v) is 13.1. The Bertz CT molecular complexity index is 1150. The van der Waals surface area contributed by atoms with Gasteiger partial charge in [-0.1, -0.05) is 35.9 Å². The molecule has 0 aliphatic heterocycles. The van der Waals surface area contributed by atoms with E-state index < -0.39 is 47.7 Å². The van der Waals surface area contributed by atoms with Crippen LogP contribution >= 0.6 is 0 Å². The average molecular weight is 542 g/mol. The second-order valence-electron chi connectivity index (χ2n) is 11.8. The van der Waals surface area contributed by atoms with Crippen LogP contribution in [-0.4, -0.2) is 63.4 Å². The summed E-state index contributed by atoms with van der Waals surface area (Å²) in [6, 6.07) is 9.77. The summed E-state index contributed by atoms with van der Waals surface area (Å²) in [4.78, 5) is 42.0. The van der Waals surface area contributed by atoms with Crippen molar-refractivity contribution < 1.29 is 29.3 Å². The second-order valence-corrected chi connectivity index (χ2v) is 11.8. The number of nitrogens with zero attached hydrogens (tertiary/aromatic N) is 1. The Kier molecular flexibility index (Phi) is 10.5. The standard InChI is InChI=1S/C30H43N3O6/c1-19-9-10-20(2)23(17-19)25(26(36)32-29(3,4)5)33(15-16-34)27(37)24(31-28(38)39-30(6,7)8)18-21-11-13-22(35)14-12-21/h9-14,17,24-25,34-35H,15-16,18H2,1-8H3,(H,31,38)(H,32,36). The Balaban J connectivity index is 2.60. The lowest BCUT2D eigenvalue weighted by atomic mass is 9.94. The van der Waals surface area contributed by atoms with Crippen molar-refractivity contribution in [2.45, 2.75) is 85.0 Å². The number of aliphatic hydroxyl groups excluding tert-OH is 1. The van der Waals surface area contributed by atoms with E-state index in [0.717, 1.165) is 11.1 Å². The molecule has 0 saturated heterocycles. The smallest absolute Gasteiger partial charge is 0.408 e. The van der Waals surface area contributed by atoms with Gasteiger partial charge in [0, 0.05) is 18.5 Å². The fraction of sp³-hybridized carbons (Fsp3) is 0.500. The van der Waals surface area contributed by atoms with Gasteiger partial charge < -0.3 is 30.5 Å². The highest BCUT2D eigenvalue weighted by Gasteiger charge is 2.38. The Hall–Kier alpha value is -3.59. The lowest BCUT2D eigenvalue weighted by Crippen LogP contribution is -2.56. The van der Waals surface area contributed by atoms with E-state index in [1.165, 1.54) is 17.0 Å². The maximum absolute atomic E-state index is 14.2. The van der Waals surface area contributed by atoms with Crippen LogP contribution in [0, 0.1) is 13.8 Å². The molecule has 0 radical (unpaired) electrons. The van der Waals surface area contributed by atoms with Crippen molar-refractivity contribution >= 4 is 17.9 Å². The lowest BCUT2D eigenvalue weighted by Gasteiger charge is -2.36. The summed E-state index contributed by atoms with van der Waals surface area (Å²) < 4.78 is 5.42.